The van der Waals surface area contributed by atoms with Gasteiger partial charge in [0.1, 0.15) is 29.5 Å². The molecule has 0 radical (unpaired) electrons. The van der Waals surface area contributed by atoms with E-state index >= 15 is 0 Å². The van der Waals surface area contributed by atoms with Crippen LogP contribution in [0.4, 0.5) is 32.0 Å². The third kappa shape index (κ3) is 7.57. The summed E-state index contributed by atoms with van der Waals surface area (Å²) in [7, 11) is 1.56. The summed E-state index contributed by atoms with van der Waals surface area (Å²) >= 11 is 0. The zero-order chi connectivity index (χ0) is 32.2. The SMILES string of the molecule is CNc1ccc(-c2cccc(C(F)(F)F)n2)cc1C(=O)N1CCN(C(=O)COc2ccc(OC(F)(F)F)cc2C)CC1C=O. The summed E-state index contributed by atoms with van der Waals surface area (Å²) in [6.07, 6.45) is -9.01. The van der Waals surface area contributed by atoms with Crippen molar-refractivity contribution < 1.29 is 50.2 Å². The van der Waals surface area contributed by atoms with E-state index in [-0.39, 0.29) is 42.2 Å². The van der Waals surface area contributed by atoms with Crippen molar-refractivity contribution in [3.8, 4) is 22.8 Å². The van der Waals surface area contributed by atoms with E-state index in [0.717, 1.165) is 18.2 Å². The predicted octanol–water partition coefficient (Wildman–Crippen LogP) is 4.95. The van der Waals surface area contributed by atoms with Crippen LogP contribution >= 0.6 is 0 Å². The van der Waals surface area contributed by atoms with E-state index in [0.29, 0.717) is 17.5 Å². The number of amides is 2. The molecule has 1 aliphatic rings. The minimum absolute atomic E-state index is 0.00311. The van der Waals surface area contributed by atoms with Gasteiger partial charge >= 0.3 is 12.5 Å². The van der Waals surface area contributed by atoms with Gasteiger partial charge < -0.3 is 29.4 Å². The summed E-state index contributed by atoms with van der Waals surface area (Å²) in [4.78, 5) is 44.7. The van der Waals surface area contributed by atoms with Gasteiger partial charge in [0.15, 0.2) is 6.61 Å². The first-order valence-electron chi connectivity index (χ1n) is 13.1. The van der Waals surface area contributed by atoms with Crippen LogP contribution in [0.3, 0.4) is 0 Å². The summed E-state index contributed by atoms with van der Waals surface area (Å²) in [6, 6.07) is 10.2. The molecule has 0 saturated carbocycles. The molecular weight excluding hydrogens is 598 g/mol. The molecule has 1 atom stereocenters. The fraction of sp³-hybridized carbons (Fsp3) is 0.310. The van der Waals surface area contributed by atoms with Gasteiger partial charge in [0, 0.05) is 37.9 Å². The van der Waals surface area contributed by atoms with Gasteiger partial charge in [-0.1, -0.05) is 12.1 Å². The van der Waals surface area contributed by atoms with Crippen LogP contribution in [0.5, 0.6) is 11.5 Å². The lowest BCUT2D eigenvalue weighted by molar-refractivity contribution is -0.274. The molecule has 3 aromatic rings. The number of aromatic nitrogens is 1. The number of anilines is 1. The van der Waals surface area contributed by atoms with E-state index in [9.17, 15) is 40.7 Å². The number of carbonyl (C=O) groups excluding carboxylic acids is 3. The van der Waals surface area contributed by atoms with Gasteiger partial charge in [0.05, 0.1) is 11.3 Å². The molecule has 1 aliphatic heterocycles. The minimum atomic E-state index is -4.86. The Hall–Kier alpha value is -4.82. The Bertz CT molecular complexity index is 1550. The normalized spacial score (nSPS) is 15.5. The molecule has 1 saturated heterocycles. The molecule has 2 amide bonds. The number of benzene rings is 2. The average Bonchev–Trinajstić information content (AvgIpc) is 2.98. The van der Waals surface area contributed by atoms with Crippen molar-refractivity contribution >= 4 is 23.8 Å². The number of pyridine rings is 1. The fourth-order valence-electron chi connectivity index (χ4n) is 4.62. The highest BCUT2D eigenvalue weighted by Gasteiger charge is 2.35. The summed E-state index contributed by atoms with van der Waals surface area (Å²) in [5.74, 6) is -1.39. The lowest BCUT2D eigenvalue weighted by Gasteiger charge is -2.39. The van der Waals surface area contributed by atoms with Crippen LogP contribution in [0.2, 0.25) is 0 Å². The zero-order valence-electron chi connectivity index (χ0n) is 23.3. The van der Waals surface area contributed by atoms with E-state index in [1.54, 1.807) is 7.05 Å². The number of carbonyl (C=O) groups is 3. The third-order valence-corrected chi connectivity index (χ3v) is 6.77. The second-order valence-electron chi connectivity index (χ2n) is 9.72. The first kappa shape index (κ1) is 32.1. The molecule has 4 rings (SSSR count). The maximum Gasteiger partial charge on any atom is 0.573 e. The number of aryl methyl sites for hydroxylation is 1. The highest BCUT2D eigenvalue weighted by molar-refractivity contribution is 6.02. The van der Waals surface area contributed by atoms with Gasteiger partial charge in [-0.2, -0.15) is 13.2 Å². The lowest BCUT2D eigenvalue weighted by Crippen LogP contribution is -2.58. The third-order valence-electron chi connectivity index (χ3n) is 6.77. The van der Waals surface area contributed by atoms with Crippen LogP contribution in [-0.4, -0.2) is 78.6 Å². The smallest absolute Gasteiger partial charge is 0.483 e. The maximum atomic E-state index is 13.6. The summed E-state index contributed by atoms with van der Waals surface area (Å²) < 4.78 is 86.3. The molecule has 1 unspecified atom stereocenters. The molecule has 2 aromatic carbocycles. The van der Waals surface area contributed by atoms with Crippen molar-refractivity contribution in [1.29, 1.82) is 0 Å². The van der Waals surface area contributed by atoms with Gasteiger partial charge in [-0.3, -0.25) is 9.59 Å². The van der Waals surface area contributed by atoms with Gasteiger partial charge in [-0.25, -0.2) is 4.98 Å². The van der Waals surface area contributed by atoms with Gasteiger partial charge in [-0.05, 0) is 55.0 Å². The molecule has 9 nitrogen and oxygen atoms in total. The maximum absolute atomic E-state index is 13.6. The first-order valence-corrected chi connectivity index (χ1v) is 13.1. The predicted molar refractivity (Wildman–Crippen MR) is 145 cm³/mol. The fourth-order valence-corrected chi connectivity index (χ4v) is 4.62. The Morgan fingerprint density at radius 1 is 1.05 bits per heavy atom. The van der Waals surface area contributed by atoms with E-state index in [1.165, 1.54) is 53.1 Å². The van der Waals surface area contributed by atoms with E-state index in [4.69, 9.17) is 4.74 Å². The van der Waals surface area contributed by atoms with Crippen LogP contribution in [0.25, 0.3) is 11.3 Å². The molecule has 0 bridgehead atoms. The average molecular weight is 625 g/mol. The Labute approximate surface area is 247 Å². The van der Waals surface area contributed by atoms with E-state index in [2.05, 4.69) is 15.0 Å². The summed E-state index contributed by atoms with van der Waals surface area (Å²) in [5, 5.41) is 2.86. The molecule has 234 valence electrons. The zero-order valence-corrected chi connectivity index (χ0v) is 23.3. The first-order chi connectivity index (χ1) is 20.7. The largest absolute Gasteiger partial charge is 0.573 e. The Morgan fingerprint density at radius 3 is 2.43 bits per heavy atom. The van der Waals surface area contributed by atoms with Crippen LogP contribution in [0, 0.1) is 6.92 Å². The second-order valence-corrected chi connectivity index (χ2v) is 9.72. The van der Waals surface area contributed by atoms with E-state index in [1.807, 2.05) is 0 Å². The van der Waals surface area contributed by atoms with Crippen molar-refractivity contribution in [3.63, 3.8) is 0 Å². The summed E-state index contributed by atoms with van der Waals surface area (Å²) in [6.45, 7) is 0.854. The standard InChI is InChI=1S/C29H26F6N4O5/c1-17-12-20(44-29(33,34)35)7-9-24(17)43-16-26(41)38-10-11-39(19(14-38)15-40)27(42)21-13-18(6-8-23(21)36-2)22-4-3-5-25(37-22)28(30,31)32/h3-9,12-13,15,19,36H,10-11,14,16H2,1-2H3. The molecule has 0 spiro atoms. The van der Waals surface area contributed by atoms with Gasteiger partial charge in [0.2, 0.25) is 0 Å². The van der Waals surface area contributed by atoms with Crippen LogP contribution in [0.1, 0.15) is 21.6 Å². The summed E-state index contributed by atoms with van der Waals surface area (Å²) in [5.41, 5.74) is -0.0912. The highest BCUT2D eigenvalue weighted by atomic mass is 19.4. The van der Waals surface area contributed by atoms with Crippen molar-refractivity contribution in [1.82, 2.24) is 14.8 Å². The van der Waals surface area contributed by atoms with Crippen molar-refractivity contribution in [2.24, 2.45) is 0 Å². The molecule has 1 fully saturated rings. The minimum Gasteiger partial charge on any atom is -0.483 e. The topological polar surface area (TPSA) is 101 Å². The van der Waals surface area contributed by atoms with E-state index < -0.39 is 48.4 Å². The number of alkyl halides is 6. The van der Waals surface area contributed by atoms with Crippen molar-refractivity contribution in [2.45, 2.75) is 25.5 Å². The highest BCUT2D eigenvalue weighted by Crippen LogP contribution is 2.32. The molecule has 0 aliphatic carbocycles. The Kier molecular flexibility index (Phi) is 9.35. The number of halogens is 6. The number of ether oxygens (including phenoxy) is 2. The van der Waals surface area contributed by atoms with Crippen LogP contribution in [0.15, 0.2) is 54.6 Å². The number of rotatable bonds is 8. The van der Waals surface area contributed by atoms with Crippen LogP contribution in [-0.2, 0) is 15.8 Å². The monoisotopic (exact) mass is 624 g/mol. The molecule has 15 heteroatoms. The Morgan fingerprint density at radius 2 is 1.80 bits per heavy atom. The number of hydrogen-bond donors (Lipinski definition) is 1. The number of aldehydes is 1. The van der Waals surface area contributed by atoms with Gasteiger partial charge in [-0.15, -0.1) is 13.2 Å². The molecule has 1 aromatic heterocycles. The lowest BCUT2D eigenvalue weighted by atomic mass is 10.0. The van der Waals surface area contributed by atoms with Crippen molar-refractivity contribution in [3.05, 3.63) is 71.4 Å². The number of piperazine rings is 1. The number of nitrogens with zero attached hydrogens (tertiary/aromatic N) is 3. The molecular formula is C29H26F6N4O5. The number of hydrogen-bond acceptors (Lipinski definition) is 7. The number of nitrogens with one attached hydrogen (secondary N) is 1. The quantitative estimate of drug-likeness (QED) is 0.280. The Balaban J connectivity index is 1.45. The van der Waals surface area contributed by atoms with Crippen molar-refractivity contribution in [2.75, 3.05) is 38.6 Å². The molecule has 1 N–H and O–H groups in total. The molecule has 44 heavy (non-hydrogen) atoms. The second kappa shape index (κ2) is 12.8. The van der Waals surface area contributed by atoms with Gasteiger partial charge in [0.25, 0.3) is 11.8 Å². The molecule has 2 heterocycles. The van der Waals surface area contributed by atoms with Crippen LogP contribution < -0.4 is 14.8 Å².